The van der Waals surface area contributed by atoms with E-state index in [1.165, 1.54) is 26.2 Å². The lowest BCUT2D eigenvalue weighted by Crippen LogP contribution is -2.38. The Morgan fingerprint density at radius 2 is 1.76 bits per heavy atom. The first-order valence-electron chi connectivity index (χ1n) is 10.1. The molecule has 33 heavy (non-hydrogen) atoms. The molecule has 1 aromatic heterocycles. The number of likely N-dealkylation sites (N-methyl/N-ethyl adjacent to an activating group) is 1. The van der Waals surface area contributed by atoms with Crippen molar-refractivity contribution in [2.24, 2.45) is 0 Å². The third-order valence-corrected chi connectivity index (χ3v) is 5.17. The van der Waals surface area contributed by atoms with Crippen LogP contribution in [0.4, 0.5) is 5.69 Å². The quantitative estimate of drug-likeness (QED) is 0.555. The minimum Gasteiger partial charge on any atom is -0.493 e. The lowest BCUT2D eigenvalue weighted by molar-refractivity contribution is -0.133. The smallest absolute Gasteiger partial charge is 0.442 e. The molecule has 10 heteroatoms. The van der Waals surface area contributed by atoms with Gasteiger partial charge >= 0.3 is 5.76 Å². The Bertz CT molecular complexity index is 1210. The summed E-state index contributed by atoms with van der Waals surface area (Å²) in [7, 11) is 4.48. The normalized spacial score (nSPS) is 10.6. The standard InChI is InChI=1S/C23H26N4O6/c1-14-7-6-8-15(2)21(14)24-19(28)12-26(3)20(29)13-27-22(25-33-23(27)30)16-9-10-17(31-4)18(11-16)32-5/h6-11H,12-13H2,1-5H3,(H,24,28). The fraction of sp³-hybridized carbons (Fsp3) is 0.304. The number of anilines is 1. The average molecular weight is 454 g/mol. The van der Waals surface area contributed by atoms with E-state index in [4.69, 9.17) is 14.0 Å². The van der Waals surface area contributed by atoms with Crippen LogP contribution in [0.3, 0.4) is 0 Å². The third kappa shape index (κ3) is 5.22. The van der Waals surface area contributed by atoms with Gasteiger partial charge in [0, 0.05) is 18.3 Å². The highest BCUT2D eigenvalue weighted by Gasteiger charge is 2.21. The second kappa shape index (κ2) is 10.0. The molecule has 1 heterocycles. The Kier molecular flexibility index (Phi) is 7.17. The summed E-state index contributed by atoms with van der Waals surface area (Å²) in [4.78, 5) is 38.7. The molecular weight excluding hydrogens is 428 g/mol. The number of nitrogens with one attached hydrogen (secondary N) is 1. The van der Waals surface area contributed by atoms with Crippen molar-refractivity contribution in [1.82, 2.24) is 14.6 Å². The first-order valence-corrected chi connectivity index (χ1v) is 10.1. The molecule has 0 bridgehead atoms. The van der Waals surface area contributed by atoms with Crippen LogP contribution in [0, 0.1) is 13.8 Å². The number of rotatable bonds is 8. The molecule has 0 aliphatic heterocycles. The van der Waals surface area contributed by atoms with Gasteiger partial charge in [-0.05, 0) is 43.2 Å². The van der Waals surface area contributed by atoms with Crippen LogP contribution in [-0.4, -0.2) is 54.3 Å². The van der Waals surface area contributed by atoms with E-state index < -0.39 is 11.7 Å². The average Bonchev–Trinajstić information content (AvgIpc) is 3.15. The molecule has 0 saturated carbocycles. The largest absolute Gasteiger partial charge is 0.493 e. The van der Waals surface area contributed by atoms with Gasteiger partial charge in [0.05, 0.1) is 20.8 Å². The van der Waals surface area contributed by atoms with Gasteiger partial charge in [-0.15, -0.1) is 0 Å². The second-order valence-corrected chi connectivity index (χ2v) is 7.49. The van der Waals surface area contributed by atoms with Gasteiger partial charge in [0.25, 0.3) is 0 Å². The fourth-order valence-corrected chi connectivity index (χ4v) is 3.34. The van der Waals surface area contributed by atoms with Crippen molar-refractivity contribution in [2.45, 2.75) is 20.4 Å². The molecule has 0 aliphatic rings. The molecule has 1 N–H and O–H groups in total. The van der Waals surface area contributed by atoms with Crippen LogP contribution in [-0.2, 0) is 16.1 Å². The number of nitrogens with zero attached hydrogens (tertiary/aromatic N) is 3. The van der Waals surface area contributed by atoms with E-state index in [1.807, 2.05) is 32.0 Å². The predicted molar refractivity (Wildman–Crippen MR) is 121 cm³/mol. The summed E-state index contributed by atoms with van der Waals surface area (Å²) in [6, 6.07) is 10.6. The summed E-state index contributed by atoms with van der Waals surface area (Å²) in [5.41, 5.74) is 3.07. The van der Waals surface area contributed by atoms with Crippen molar-refractivity contribution in [2.75, 3.05) is 33.1 Å². The SMILES string of the molecule is COc1ccc(-c2noc(=O)n2CC(=O)N(C)CC(=O)Nc2c(C)cccc2C)cc1OC. The van der Waals surface area contributed by atoms with Crippen molar-refractivity contribution in [3.05, 3.63) is 58.1 Å². The molecular formula is C23H26N4O6. The maximum Gasteiger partial charge on any atom is 0.442 e. The molecule has 0 fully saturated rings. The summed E-state index contributed by atoms with van der Waals surface area (Å²) >= 11 is 0. The summed E-state index contributed by atoms with van der Waals surface area (Å²) in [5, 5.41) is 6.63. The van der Waals surface area contributed by atoms with Gasteiger partial charge in [-0.1, -0.05) is 23.4 Å². The first-order chi connectivity index (χ1) is 15.7. The van der Waals surface area contributed by atoms with E-state index in [1.54, 1.807) is 18.2 Å². The van der Waals surface area contributed by atoms with Crippen molar-refractivity contribution in [3.8, 4) is 22.9 Å². The monoisotopic (exact) mass is 454 g/mol. The number of carbonyl (C=O) groups excluding carboxylic acids is 2. The molecule has 0 radical (unpaired) electrons. The molecule has 10 nitrogen and oxygen atoms in total. The number of ether oxygens (including phenoxy) is 2. The first kappa shape index (κ1) is 23.6. The van der Waals surface area contributed by atoms with Gasteiger partial charge in [0.15, 0.2) is 17.3 Å². The van der Waals surface area contributed by atoms with Gasteiger partial charge in [-0.2, -0.15) is 0 Å². The second-order valence-electron chi connectivity index (χ2n) is 7.49. The fourth-order valence-electron chi connectivity index (χ4n) is 3.34. The maximum atomic E-state index is 12.8. The van der Waals surface area contributed by atoms with Crippen LogP contribution in [0.5, 0.6) is 11.5 Å². The van der Waals surface area contributed by atoms with Crippen LogP contribution >= 0.6 is 0 Å². The summed E-state index contributed by atoms with van der Waals surface area (Å²) < 4.78 is 16.4. The zero-order valence-corrected chi connectivity index (χ0v) is 19.2. The highest BCUT2D eigenvalue weighted by Crippen LogP contribution is 2.31. The number of benzene rings is 2. The van der Waals surface area contributed by atoms with Crippen LogP contribution < -0.4 is 20.5 Å². The molecule has 2 aromatic carbocycles. The number of aromatic nitrogens is 2. The van der Waals surface area contributed by atoms with Crippen LogP contribution in [0.2, 0.25) is 0 Å². The molecule has 0 spiro atoms. The molecule has 2 amide bonds. The molecule has 3 aromatic rings. The van der Waals surface area contributed by atoms with Gasteiger partial charge in [0.2, 0.25) is 11.8 Å². The molecule has 3 rings (SSSR count). The van der Waals surface area contributed by atoms with Crippen molar-refractivity contribution in [1.29, 1.82) is 0 Å². The maximum absolute atomic E-state index is 12.8. The van der Waals surface area contributed by atoms with Gasteiger partial charge in [-0.3, -0.25) is 14.1 Å². The lowest BCUT2D eigenvalue weighted by atomic mass is 10.1. The number of hydrogen-bond donors (Lipinski definition) is 1. The molecule has 0 atom stereocenters. The Labute approximate surface area is 190 Å². The van der Waals surface area contributed by atoms with Crippen LogP contribution in [0.25, 0.3) is 11.4 Å². The summed E-state index contributed by atoms with van der Waals surface area (Å²) in [5.74, 6) is -0.503. The Morgan fingerprint density at radius 3 is 2.39 bits per heavy atom. The minimum atomic E-state index is -0.790. The number of amides is 2. The number of hydrogen-bond acceptors (Lipinski definition) is 7. The van der Waals surface area contributed by atoms with Crippen LogP contribution in [0.1, 0.15) is 11.1 Å². The highest BCUT2D eigenvalue weighted by molar-refractivity contribution is 5.95. The van der Waals surface area contributed by atoms with Crippen molar-refractivity contribution in [3.63, 3.8) is 0 Å². The van der Waals surface area contributed by atoms with E-state index in [9.17, 15) is 14.4 Å². The Morgan fingerprint density at radius 1 is 1.09 bits per heavy atom. The van der Waals surface area contributed by atoms with E-state index in [2.05, 4.69) is 10.5 Å². The molecule has 0 aliphatic carbocycles. The predicted octanol–water partition coefficient (Wildman–Crippen LogP) is 2.23. The Balaban J connectivity index is 1.74. The third-order valence-electron chi connectivity index (χ3n) is 5.17. The number of methoxy groups -OCH3 is 2. The minimum absolute atomic E-state index is 0.155. The highest BCUT2D eigenvalue weighted by atomic mass is 16.5. The molecule has 0 saturated heterocycles. The summed E-state index contributed by atoms with van der Waals surface area (Å²) in [6.45, 7) is 3.26. The lowest BCUT2D eigenvalue weighted by Gasteiger charge is -2.18. The van der Waals surface area contributed by atoms with Crippen molar-refractivity contribution >= 4 is 17.5 Å². The zero-order chi connectivity index (χ0) is 24.1. The van der Waals surface area contributed by atoms with Crippen molar-refractivity contribution < 1.29 is 23.6 Å². The number of aryl methyl sites for hydroxylation is 2. The van der Waals surface area contributed by atoms with Gasteiger partial charge in [0.1, 0.15) is 6.54 Å². The van der Waals surface area contributed by atoms with E-state index in [-0.39, 0.29) is 24.8 Å². The van der Waals surface area contributed by atoms with E-state index in [0.29, 0.717) is 22.7 Å². The number of carbonyl (C=O) groups is 2. The molecule has 0 unspecified atom stereocenters. The van der Waals surface area contributed by atoms with Gasteiger partial charge < -0.3 is 19.7 Å². The van der Waals surface area contributed by atoms with E-state index in [0.717, 1.165) is 15.7 Å². The topological polar surface area (TPSA) is 116 Å². The molecule has 174 valence electrons. The summed E-state index contributed by atoms with van der Waals surface area (Å²) in [6.07, 6.45) is 0. The zero-order valence-electron chi connectivity index (χ0n) is 19.2. The van der Waals surface area contributed by atoms with Crippen LogP contribution in [0.15, 0.2) is 45.7 Å². The Hall–Kier alpha value is -4.08. The van der Waals surface area contributed by atoms with Gasteiger partial charge in [-0.25, -0.2) is 9.36 Å². The number of para-hydroxylation sites is 1. The van der Waals surface area contributed by atoms with E-state index >= 15 is 0 Å².